The largest absolute Gasteiger partial charge is 0.490 e. The average Bonchev–Trinajstić information content (AvgIpc) is 3.05. The Morgan fingerprint density at radius 1 is 0.891 bits per heavy atom. The summed E-state index contributed by atoms with van der Waals surface area (Å²) in [6, 6.07) is 17.1. The molecule has 1 saturated heterocycles. The molecular formula is C33H38F3N5O4S. The fraction of sp³-hybridized carbons (Fsp3) is 0.394. The summed E-state index contributed by atoms with van der Waals surface area (Å²) in [5.74, 6) is 2.77. The highest BCUT2D eigenvalue weighted by Crippen LogP contribution is 2.32. The molecule has 5 rings (SSSR count). The van der Waals surface area contributed by atoms with Crippen molar-refractivity contribution < 1.29 is 31.1 Å². The zero-order chi connectivity index (χ0) is 32.9. The number of nitrogens with zero attached hydrogens (tertiary/aromatic N) is 4. The van der Waals surface area contributed by atoms with E-state index in [1.807, 2.05) is 63.2 Å². The summed E-state index contributed by atoms with van der Waals surface area (Å²) in [5.41, 5.74) is 1.00. The minimum atomic E-state index is -4.53. The van der Waals surface area contributed by atoms with Crippen LogP contribution in [0.1, 0.15) is 43.8 Å². The van der Waals surface area contributed by atoms with E-state index < -0.39 is 21.8 Å². The number of aromatic nitrogens is 2. The van der Waals surface area contributed by atoms with Crippen molar-refractivity contribution in [1.82, 2.24) is 19.2 Å². The maximum absolute atomic E-state index is 13.2. The molecule has 1 aromatic heterocycles. The minimum absolute atomic E-state index is 0.157. The first-order valence-electron chi connectivity index (χ1n) is 15.3. The Morgan fingerprint density at radius 3 is 2.24 bits per heavy atom. The van der Waals surface area contributed by atoms with Crippen molar-refractivity contribution in [2.75, 3.05) is 51.3 Å². The summed E-state index contributed by atoms with van der Waals surface area (Å²) in [7, 11) is -3.94. The van der Waals surface area contributed by atoms with Gasteiger partial charge in [-0.25, -0.2) is 18.4 Å². The van der Waals surface area contributed by atoms with Crippen LogP contribution in [-0.2, 0) is 22.6 Å². The van der Waals surface area contributed by atoms with Crippen LogP contribution in [0.2, 0.25) is 0 Å². The van der Waals surface area contributed by atoms with Gasteiger partial charge in [0.2, 0.25) is 10.0 Å². The fourth-order valence-corrected chi connectivity index (χ4v) is 6.87. The molecule has 3 aromatic carbocycles. The maximum Gasteiger partial charge on any atom is 0.416 e. The number of rotatable bonds is 12. The van der Waals surface area contributed by atoms with Gasteiger partial charge in [-0.1, -0.05) is 18.2 Å². The van der Waals surface area contributed by atoms with Crippen molar-refractivity contribution in [2.24, 2.45) is 0 Å². The highest BCUT2D eigenvalue weighted by Gasteiger charge is 2.33. The highest BCUT2D eigenvalue weighted by molar-refractivity contribution is 7.89. The fourth-order valence-electron chi connectivity index (χ4n) is 5.45. The topological polar surface area (TPSA) is 96.9 Å². The van der Waals surface area contributed by atoms with Crippen molar-refractivity contribution in [2.45, 2.75) is 44.3 Å². The summed E-state index contributed by atoms with van der Waals surface area (Å²) in [5, 5.41) is 4.38. The Morgan fingerprint density at radius 2 is 1.57 bits per heavy atom. The van der Waals surface area contributed by atoms with E-state index >= 15 is 0 Å². The summed E-state index contributed by atoms with van der Waals surface area (Å²) in [4.78, 5) is 11.7. The summed E-state index contributed by atoms with van der Waals surface area (Å²) in [6.07, 6.45) is -3.81. The van der Waals surface area contributed by atoms with Crippen LogP contribution < -0.4 is 14.8 Å². The Bertz CT molecular complexity index is 1740. The van der Waals surface area contributed by atoms with Gasteiger partial charge in [-0.15, -0.1) is 0 Å². The highest BCUT2D eigenvalue weighted by atomic mass is 32.2. The number of hydrogen-bond acceptors (Lipinski definition) is 8. The van der Waals surface area contributed by atoms with Crippen molar-refractivity contribution in [3.8, 4) is 11.5 Å². The van der Waals surface area contributed by atoms with E-state index in [9.17, 15) is 21.6 Å². The van der Waals surface area contributed by atoms with Gasteiger partial charge in [-0.2, -0.15) is 17.5 Å². The van der Waals surface area contributed by atoms with Gasteiger partial charge in [-0.05, 0) is 81.3 Å². The second-order valence-corrected chi connectivity index (χ2v) is 12.8. The number of fused-ring (bicyclic) bond motifs is 1. The molecule has 0 saturated carbocycles. The normalized spacial score (nSPS) is 15.5. The van der Waals surface area contributed by atoms with Crippen molar-refractivity contribution in [3.05, 3.63) is 83.7 Å². The van der Waals surface area contributed by atoms with E-state index in [-0.39, 0.29) is 24.0 Å². The quantitative estimate of drug-likeness (QED) is 0.193. The van der Waals surface area contributed by atoms with Gasteiger partial charge in [0, 0.05) is 38.1 Å². The van der Waals surface area contributed by atoms with Crippen LogP contribution in [0.3, 0.4) is 0 Å². The second-order valence-electron chi connectivity index (χ2n) is 10.9. The molecule has 1 N–H and O–H groups in total. The Balaban J connectivity index is 1.26. The molecule has 0 radical (unpaired) electrons. The van der Waals surface area contributed by atoms with Crippen molar-refractivity contribution in [3.63, 3.8) is 0 Å². The SMILES string of the molecule is CCOc1ccc(CCNc2nc([C@@H](C)N3CCN(S(=O)(=O)c4ccc(C(F)(F)F)cc4)CC3)nc3ccccc23)cc1OCC. The summed E-state index contributed by atoms with van der Waals surface area (Å²) >= 11 is 0. The first-order chi connectivity index (χ1) is 22.0. The van der Waals surface area contributed by atoms with E-state index in [1.165, 1.54) is 4.31 Å². The number of sulfonamides is 1. The van der Waals surface area contributed by atoms with Gasteiger partial charge in [0.1, 0.15) is 11.6 Å². The molecule has 0 unspecified atom stereocenters. The van der Waals surface area contributed by atoms with Gasteiger partial charge in [0.05, 0.1) is 35.2 Å². The first kappa shape index (κ1) is 33.4. The molecule has 4 aromatic rings. The molecule has 0 bridgehead atoms. The Hall–Kier alpha value is -3.94. The predicted octanol–water partition coefficient (Wildman–Crippen LogP) is 6.17. The number of anilines is 1. The Kier molecular flexibility index (Phi) is 10.3. The standard InChI is InChI=1S/C33H38F3N5O4S/c1-4-44-29-15-10-24(22-30(29)45-5-2)16-17-37-32-27-8-6-7-9-28(27)38-31(39-32)23(3)40-18-20-41(21-19-40)46(42,43)26-13-11-25(12-14-26)33(34,35)36/h6-15,22-23H,4-5,16-21H2,1-3H3,(H,37,38,39)/t23-/m1/s1. The van der Waals surface area contributed by atoms with Gasteiger partial charge >= 0.3 is 6.18 Å². The molecule has 0 amide bonds. The molecule has 46 heavy (non-hydrogen) atoms. The van der Waals surface area contributed by atoms with Crippen LogP contribution in [0, 0.1) is 0 Å². The summed E-state index contributed by atoms with van der Waals surface area (Å²) < 4.78 is 78.0. The smallest absolute Gasteiger partial charge is 0.416 e. The molecule has 1 fully saturated rings. The van der Waals surface area contributed by atoms with Crippen LogP contribution >= 0.6 is 0 Å². The van der Waals surface area contributed by atoms with Gasteiger partial charge < -0.3 is 14.8 Å². The van der Waals surface area contributed by atoms with E-state index in [4.69, 9.17) is 19.4 Å². The lowest BCUT2D eigenvalue weighted by Gasteiger charge is -2.37. The van der Waals surface area contributed by atoms with Crippen molar-refractivity contribution in [1.29, 1.82) is 0 Å². The van der Waals surface area contributed by atoms with Crippen LogP contribution in [0.5, 0.6) is 11.5 Å². The molecule has 1 atom stereocenters. The predicted molar refractivity (Wildman–Crippen MR) is 171 cm³/mol. The molecule has 0 aliphatic carbocycles. The van der Waals surface area contributed by atoms with E-state index in [1.54, 1.807) is 0 Å². The molecule has 2 heterocycles. The first-order valence-corrected chi connectivity index (χ1v) is 16.8. The summed E-state index contributed by atoms with van der Waals surface area (Å²) in [6.45, 7) is 8.80. The third-order valence-electron chi connectivity index (χ3n) is 7.95. The van der Waals surface area contributed by atoms with Crippen LogP contribution in [0.15, 0.2) is 71.6 Å². The lowest BCUT2D eigenvalue weighted by atomic mass is 10.1. The van der Waals surface area contributed by atoms with Crippen LogP contribution in [-0.4, -0.2) is 73.5 Å². The third-order valence-corrected chi connectivity index (χ3v) is 9.86. The minimum Gasteiger partial charge on any atom is -0.490 e. The number of halogens is 3. The maximum atomic E-state index is 13.2. The van der Waals surface area contributed by atoms with E-state index in [0.717, 1.165) is 58.7 Å². The van der Waals surface area contributed by atoms with Crippen molar-refractivity contribution >= 4 is 26.7 Å². The monoisotopic (exact) mass is 657 g/mol. The number of alkyl halides is 3. The number of hydrogen-bond donors (Lipinski definition) is 1. The van der Waals surface area contributed by atoms with Gasteiger partial charge in [0.15, 0.2) is 11.5 Å². The lowest BCUT2D eigenvalue weighted by Crippen LogP contribution is -2.49. The molecule has 13 heteroatoms. The zero-order valence-electron chi connectivity index (χ0n) is 26.0. The number of ether oxygens (including phenoxy) is 2. The lowest BCUT2D eigenvalue weighted by molar-refractivity contribution is -0.137. The van der Waals surface area contributed by atoms with E-state index in [2.05, 4.69) is 10.2 Å². The van der Waals surface area contributed by atoms with Gasteiger partial charge in [0.25, 0.3) is 0 Å². The third kappa shape index (κ3) is 7.54. The number of benzene rings is 3. The molecule has 0 spiro atoms. The molecular weight excluding hydrogens is 619 g/mol. The average molecular weight is 658 g/mol. The molecule has 246 valence electrons. The van der Waals surface area contributed by atoms with Crippen LogP contribution in [0.25, 0.3) is 10.9 Å². The van der Waals surface area contributed by atoms with Crippen LogP contribution in [0.4, 0.5) is 19.0 Å². The zero-order valence-corrected chi connectivity index (χ0v) is 26.9. The number of piperazine rings is 1. The molecule has 9 nitrogen and oxygen atoms in total. The second kappa shape index (κ2) is 14.2. The Labute approximate surface area is 267 Å². The van der Waals surface area contributed by atoms with E-state index in [0.29, 0.717) is 44.5 Å². The molecule has 1 aliphatic heterocycles. The number of para-hydroxylation sites is 1. The molecule has 1 aliphatic rings. The number of nitrogens with one attached hydrogen (secondary N) is 1. The van der Waals surface area contributed by atoms with Gasteiger partial charge in [-0.3, -0.25) is 4.90 Å².